The summed E-state index contributed by atoms with van der Waals surface area (Å²) in [5.74, 6) is 7.38. The van der Waals surface area contributed by atoms with Crippen molar-refractivity contribution in [2.45, 2.75) is 47.0 Å². The summed E-state index contributed by atoms with van der Waals surface area (Å²) in [6, 6.07) is 1.98. The van der Waals surface area contributed by atoms with Gasteiger partial charge in [-0.3, -0.25) is 0 Å². The van der Waals surface area contributed by atoms with Crippen molar-refractivity contribution in [3.05, 3.63) is 27.8 Å². The van der Waals surface area contributed by atoms with Gasteiger partial charge in [-0.05, 0) is 50.8 Å². The van der Waals surface area contributed by atoms with Gasteiger partial charge in [0, 0.05) is 17.0 Å². The smallest absolute Gasteiger partial charge is 0.126 e. The molecule has 1 aromatic rings. The predicted octanol–water partition coefficient (Wildman–Crippen LogP) is 4.87. The quantitative estimate of drug-likeness (QED) is 0.705. The maximum Gasteiger partial charge on any atom is 0.126 e. The summed E-state index contributed by atoms with van der Waals surface area (Å²) in [6.07, 6.45) is 0.831. The number of rotatable bonds is 4. The normalized spacial score (nSPS) is 11.7. The fraction of sp³-hybridized carbons (Fsp3) is 0.500. The van der Waals surface area contributed by atoms with E-state index in [1.807, 2.05) is 26.8 Å². The van der Waals surface area contributed by atoms with E-state index in [0.717, 1.165) is 28.3 Å². The van der Waals surface area contributed by atoms with Crippen molar-refractivity contribution in [3.63, 3.8) is 0 Å². The summed E-state index contributed by atoms with van der Waals surface area (Å²) in [5.41, 5.74) is 3.40. The zero-order chi connectivity index (χ0) is 13.7. The van der Waals surface area contributed by atoms with Crippen LogP contribution in [-0.2, 0) is 0 Å². The second-order valence-corrected chi connectivity index (χ2v) is 4.92. The Morgan fingerprint density at radius 3 is 2.61 bits per heavy atom. The summed E-state index contributed by atoms with van der Waals surface area (Å²) in [5, 5.41) is 0.808. The van der Waals surface area contributed by atoms with Crippen molar-refractivity contribution in [2.24, 2.45) is 0 Å². The highest BCUT2D eigenvalue weighted by Crippen LogP contribution is 2.38. The highest BCUT2D eigenvalue weighted by Gasteiger charge is 2.18. The SMILES string of the molecule is CC#CCC(C)c1c(C)c(Cl)cc(C)c1OCC. The molecule has 18 heavy (non-hydrogen) atoms. The van der Waals surface area contributed by atoms with Crippen molar-refractivity contribution in [1.29, 1.82) is 0 Å². The Morgan fingerprint density at radius 2 is 2.06 bits per heavy atom. The molecule has 1 aromatic carbocycles. The highest BCUT2D eigenvalue weighted by molar-refractivity contribution is 6.31. The largest absolute Gasteiger partial charge is 0.493 e. The Balaban J connectivity index is 3.31. The van der Waals surface area contributed by atoms with Gasteiger partial charge in [0.05, 0.1) is 6.61 Å². The average Bonchev–Trinajstić information content (AvgIpc) is 2.33. The Bertz CT molecular complexity index is 480. The molecule has 0 aliphatic carbocycles. The third-order valence-electron chi connectivity index (χ3n) is 3.07. The lowest BCUT2D eigenvalue weighted by molar-refractivity contribution is 0.332. The average molecular weight is 265 g/mol. The highest BCUT2D eigenvalue weighted by atomic mass is 35.5. The standard InChI is InChI=1S/C16H21ClO/c1-6-8-9-11(3)15-13(5)14(17)10-12(4)16(15)18-7-2/h10-11H,7,9H2,1-5H3. The van der Waals surface area contributed by atoms with Crippen molar-refractivity contribution < 1.29 is 4.74 Å². The molecule has 1 unspecified atom stereocenters. The molecule has 0 N–H and O–H groups in total. The van der Waals surface area contributed by atoms with Gasteiger partial charge in [-0.2, -0.15) is 0 Å². The van der Waals surface area contributed by atoms with Crippen molar-refractivity contribution >= 4 is 11.6 Å². The van der Waals surface area contributed by atoms with E-state index in [1.165, 1.54) is 5.56 Å². The van der Waals surface area contributed by atoms with Gasteiger partial charge in [0.15, 0.2) is 0 Å². The molecule has 0 aliphatic rings. The predicted molar refractivity (Wildman–Crippen MR) is 78.6 cm³/mol. The van der Waals surface area contributed by atoms with Gasteiger partial charge in [-0.1, -0.05) is 18.5 Å². The molecule has 98 valence electrons. The molecule has 0 saturated heterocycles. The molecule has 0 heterocycles. The Hall–Kier alpha value is -1.13. The van der Waals surface area contributed by atoms with Gasteiger partial charge >= 0.3 is 0 Å². The molecule has 0 amide bonds. The van der Waals surface area contributed by atoms with Crippen LogP contribution in [0.2, 0.25) is 5.02 Å². The van der Waals surface area contributed by atoms with Crippen molar-refractivity contribution in [3.8, 4) is 17.6 Å². The molecular weight excluding hydrogens is 244 g/mol. The zero-order valence-corrected chi connectivity index (χ0v) is 12.6. The lowest BCUT2D eigenvalue weighted by atomic mass is 9.91. The summed E-state index contributed by atoms with van der Waals surface area (Å²) < 4.78 is 5.80. The minimum atomic E-state index is 0.330. The lowest BCUT2D eigenvalue weighted by Gasteiger charge is -2.20. The Labute approximate surface area is 115 Å². The van der Waals surface area contributed by atoms with Crippen molar-refractivity contribution in [2.75, 3.05) is 6.61 Å². The molecule has 1 nitrogen and oxygen atoms in total. The van der Waals surface area contributed by atoms with Gasteiger partial charge in [0.25, 0.3) is 0 Å². The summed E-state index contributed by atoms with van der Waals surface area (Å²) >= 11 is 6.28. The first-order valence-corrected chi connectivity index (χ1v) is 6.72. The van der Waals surface area contributed by atoms with E-state index >= 15 is 0 Å². The molecule has 0 aliphatic heterocycles. The molecular formula is C16H21ClO. The van der Waals surface area contributed by atoms with E-state index < -0.39 is 0 Å². The van der Waals surface area contributed by atoms with Gasteiger partial charge in [0.2, 0.25) is 0 Å². The van der Waals surface area contributed by atoms with E-state index in [1.54, 1.807) is 0 Å². The fourth-order valence-corrected chi connectivity index (χ4v) is 2.43. The number of hydrogen-bond donors (Lipinski definition) is 0. The second-order valence-electron chi connectivity index (χ2n) is 4.51. The fourth-order valence-electron chi connectivity index (χ4n) is 2.16. The monoisotopic (exact) mass is 264 g/mol. The first kappa shape index (κ1) is 14.9. The van der Waals surface area contributed by atoms with Crippen LogP contribution in [-0.4, -0.2) is 6.61 Å². The van der Waals surface area contributed by atoms with E-state index in [2.05, 4.69) is 25.7 Å². The second kappa shape index (κ2) is 6.71. The third kappa shape index (κ3) is 3.21. The van der Waals surface area contributed by atoms with Gasteiger partial charge in [-0.25, -0.2) is 0 Å². The molecule has 1 rings (SSSR count). The van der Waals surface area contributed by atoms with Crippen LogP contribution >= 0.6 is 11.6 Å². The molecule has 0 saturated carbocycles. The molecule has 0 bridgehead atoms. The molecule has 0 spiro atoms. The third-order valence-corrected chi connectivity index (χ3v) is 3.47. The van der Waals surface area contributed by atoms with E-state index in [9.17, 15) is 0 Å². The molecule has 2 heteroatoms. The van der Waals surface area contributed by atoms with Crippen LogP contribution in [0.15, 0.2) is 6.07 Å². The first-order valence-electron chi connectivity index (χ1n) is 6.34. The van der Waals surface area contributed by atoms with Crippen LogP contribution in [0.3, 0.4) is 0 Å². The molecule has 0 fully saturated rings. The molecule has 1 atom stereocenters. The summed E-state index contributed by atoms with van der Waals surface area (Å²) in [7, 11) is 0. The van der Waals surface area contributed by atoms with E-state index in [-0.39, 0.29) is 0 Å². The van der Waals surface area contributed by atoms with E-state index in [4.69, 9.17) is 16.3 Å². The van der Waals surface area contributed by atoms with Crippen LogP contribution < -0.4 is 4.74 Å². The lowest BCUT2D eigenvalue weighted by Crippen LogP contribution is -2.05. The van der Waals surface area contributed by atoms with E-state index in [0.29, 0.717) is 12.5 Å². The number of benzene rings is 1. The maximum absolute atomic E-state index is 6.28. The Kier molecular flexibility index (Phi) is 5.56. The topological polar surface area (TPSA) is 9.23 Å². The van der Waals surface area contributed by atoms with Crippen LogP contribution in [0.1, 0.15) is 49.8 Å². The minimum Gasteiger partial charge on any atom is -0.493 e. The number of aryl methyl sites for hydroxylation is 1. The number of halogens is 1. The van der Waals surface area contributed by atoms with Crippen LogP contribution in [0, 0.1) is 25.7 Å². The van der Waals surface area contributed by atoms with Gasteiger partial charge in [-0.15, -0.1) is 11.8 Å². The minimum absolute atomic E-state index is 0.330. The Morgan fingerprint density at radius 1 is 1.39 bits per heavy atom. The number of ether oxygens (including phenoxy) is 1. The summed E-state index contributed by atoms with van der Waals surface area (Å²) in [4.78, 5) is 0. The van der Waals surface area contributed by atoms with Gasteiger partial charge in [0.1, 0.15) is 5.75 Å². The van der Waals surface area contributed by atoms with Crippen LogP contribution in [0.4, 0.5) is 0 Å². The summed E-state index contributed by atoms with van der Waals surface area (Å²) in [6.45, 7) is 10.8. The zero-order valence-electron chi connectivity index (χ0n) is 11.9. The van der Waals surface area contributed by atoms with Crippen molar-refractivity contribution in [1.82, 2.24) is 0 Å². The maximum atomic E-state index is 6.28. The molecule has 0 aromatic heterocycles. The first-order chi connectivity index (χ1) is 8.52. The number of hydrogen-bond acceptors (Lipinski definition) is 1. The van der Waals surface area contributed by atoms with Crippen LogP contribution in [0.25, 0.3) is 0 Å². The van der Waals surface area contributed by atoms with Crippen LogP contribution in [0.5, 0.6) is 5.75 Å². The molecule has 0 radical (unpaired) electrons. The van der Waals surface area contributed by atoms with Gasteiger partial charge < -0.3 is 4.74 Å².